The van der Waals surface area contributed by atoms with Gasteiger partial charge in [-0.1, -0.05) is 24.3 Å². The lowest BCUT2D eigenvalue weighted by Gasteiger charge is -2.10. The number of nitrogens with zero attached hydrogens (tertiary/aromatic N) is 2. The van der Waals surface area contributed by atoms with Crippen LogP contribution in [0, 0.1) is 0 Å². The van der Waals surface area contributed by atoms with Crippen LogP contribution >= 0.6 is 11.7 Å². The first-order valence-electron chi connectivity index (χ1n) is 6.39. The molecule has 0 fully saturated rings. The minimum Gasteiger partial charge on any atom is -0.465 e. The monoisotopic (exact) mass is 313 g/mol. The Hall–Kier alpha value is -2.80. The van der Waals surface area contributed by atoms with E-state index in [0.717, 1.165) is 22.5 Å². The predicted octanol–water partition coefficient (Wildman–Crippen LogP) is 2.73. The van der Waals surface area contributed by atoms with Crippen LogP contribution in [0.2, 0.25) is 0 Å². The standard InChI is InChI=1S/C15H11N3O3S/c1-21-15(20)11-6-9-4-2-3-5-10(9)7-12(11)17-14(19)13-8-16-22-18-13/h2-8H,1H3,(H,17,19). The molecule has 0 saturated heterocycles. The first-order valence-corrected chi connectivity index (χ1v) is 7.12. The lowest BCUT2D eigenvalue weighted by molar-refractivity contribution is 0.0602. The van der Waals surface area contributed by atoms with E-state index in [1.165, 1.54) is 13.3 Å². The molecule has 22 heavy (non-hydrogen) atoms. The van der Waals surface area contributed by atoms with Gasteiger partial charge in [0.05, 0.1) is 36.3 Å². The van der Waals surface area contributed by atoms with Crippen molar-refractivity contribution in [3.8, 4) is 0 Å². The summed E-state index contributed by atoms with van der Waals surface area (Å²) in [6, 6.07) is 11.0. The second-order valence-corrected chi connectivity index (χ2v) is 5.04. The highest BCUT2D eigenvalue weighted by molar-refractivity contribution is 6.99. The number of aromatic nitrogens is 2. The molecule has 3 rings (SSSR count). The van der Waals surface area contributed by atoms with Crippen molar-refractivity contribution in [2.24, 2.45) is 0 Å². The summed E-state index contributed by atoms with van der Waals surface area (Å²) in [5, 5.41) is 4.47. The van der Waals surface area contributed by atoms with Crippen LogP contribution < -0.4 is 5.32 Å². The molecule has 3 aromatic rings. The molecule has 1 amide bonds. The van der Waals surface area contributed by atoms with Crippen LogP contribution in [0.3, 0.4) is 0 Å². The van der Waals surface area contributed by atoms with Gasteiger partial charge in [-0.3, -0.25) is 4.79 Å². The summed E-state index contributed by atoms with van der Waals surface area (Å²) < 4.78 is 12.4. The quantitative estimate of drug-likeness (QED) is 0.752. The number of carbonyl (C=O) groups excluding carboxylic acids is 2. The molecule has 0 aliphatic rings. The van der Waals surface area contributed by atoms with Gasteiger partial charge in [0.1, 0.15) is 0 Å². The van der Waals surface area contributed by atoms with Gasteiger partial charge >= 0.3 is 5.97 Å². The number of rotatable bonds is 3. The number of hydrogen-bond acceptors (Lipinski definition) is 6. The predicted molar refractivity (Wildman–Crippen MR) is 83.1 cm³/mol. The molecule has 0 atom stereocenters. The number of hydrogen-bond donors (Lipinski definition) is 1. The molecular formula is C15H11N3O3S. The highest BCUT2D eigenvalue weighted by Gasteiger charge is 2.17. The van der Waals surface area contributed by atoms with E-state index in [0.29, 0.717) is 5.69 Å². The van der Waals surface area contributed by atoms with E-state index < -0.39 is 11.9 Å². The lowest BCUT2D eigenvalue weighted by Crippen LogP contribution is -2.15. The second kappa shape index (κ2) is 5.90. The minimum atomic E-state index is -0.516. The molecule has 0 radical (unpaired) electrons. The molecule has 6 nitrogen and oxygen atoms in total. The molecule has 0 aliphatic carbocycles. The number of anilines is 1. The normalized spacial score (nSPS) is 10.4. The average Bonchev–Trinajstić information content (AvgIpc) is 3.08. The van der Waals surface area contributed by atoms with E-state index in [1.807, 2.05) is 24.3 Å². The van der Waals surface area contributed by atoms with Gasteiger partial charge in [-0.25, -0.2) is 4.79 Å². The zero-order valence-corrected chi connectivity index (χ0v) is 12.4. The Balaban J connectivity index is 2.06. The van der Waals surface area contributed by atoms with E-state index in [2.05, 4.69) is 14.1 Å². The molecule has 1 heterocycles. The molecule has 0 bridgehead atoms. The summed E-state index contributed by atoms with van der Waals surface area (Å²) in [6.07, 6.45) is 1.37. The van der Waals surface area contributed by atoms with Gasteiger partial charge in [0.2, 0.25) is 0 Å². The summed E-state index contributed by atoms with van der Waals surface area (Å²) in [6.45, 7) is 0. The van der Waals surface area contributed by atoms with Crippen LogP contribution in [0.15, 0.2) is 42.6 Å². The zero-order valence-electron chi connectivity index (χ0n) is 11.6. The fraction of sp³-hybridized carbons (Fsp3) is 0.0667. The highest BCUT2D eigenvalue weighted by atomic mass is 32.1. The molecule has 0 saturated carbocycles. The third-order valence-electron chi connectivity index (χ3n) is 3.13. The van der Waals surface area contributed by atoms with Gasteiger partial charge in [-0.15, -0.1) is 0 Å². The van der Waals surface area contributed by atoms with E-state index >= 15 is 0 Å². The van der Waals surface area contributed by atoms with Gasteiger partial charge < -0.3 is 10.1 Å². The molecular weight excluding hydrogens is 302 g/mol. The van der Waals surface area contributed by atoms with Crippen LogP contribution in [0.1, 0.15) is 20.8 Å². The number of carbonyl (C=O) groups is 2. The average molecular weight is 313 g/mol. The molecule has 110 valence electrons. The van der Waals surface area contributed by atoms with Crippen molar-refractivity contribution in [2.75, 3.05) is 12.4 Å². The maximum Gasteiger partial charge on any atom is 0.339 e. The van der Waals surface area contributed by atoms with Crippen molar-refractivity contribution in [3.63, 3.8) is 0 Å². The number of fused-ring (bicyclic) bond motifs is 1. The Bertz CT molecular complexity index is 846. The summed E-state index contributed by atoms with van der Waals surface area (Å²) >= 11 is 0.944. The largest absolute Gasteiger partial charge is 0.465 e. The van der Waals surface area contributed by atoms with Gasteiger partial charge in [0, 0.05) is 0 Å². The Morgan fingerprint density at radius 1 is 1.18 bits per heavy atom. The van der Waals surface area contributed by atoms with E-state index in [1.54, 1.807) is 12.1 Å². The van der Waals surface area contributed by atoms with Gasteiger partial charge in [0.15, 0.2) is 5.69 Å². The van der Waals surface area contributed by atoms with E-state index in [4.69, 9.17) is 4.74 Å². The number of amides is 1. The fourth-order valence-electron chi connectivity index (χ4n) is 2.07. The van der Waals surface area contributed by atoms with Crippen LogP contribution in [0.25, 0.3) is 10.8 Å². The summed E-state index contributed by atoms with van der Waals surface area (Å²) in [4.78, 5) is 24.1. The number of nitrogens with one attached hydrogen (secondary N) is 1. The first-order chi connectivity index (χ1) is 10.7. The van der Waals surface area contributed by atoms with Gasteiger partial charge in [0.25, 0.3) is 5.91 Å². The zero-order chi connectivity index (χ0) is 15.5. The van der Waals surface area contributed by atoms with Crippen molar-refractivity contribution in [1.82, 2.24) is 8.75 Å². The van der Waals surface area contributed by atoms with Crippen LogP contribution in [0.4, 0.5) is 5.69 Å². The van der Waals surface area contributed by atoms with Crippen LogP contribution in [-0.2, 0) is 4.74 Å². The topological polar surface area (TPSA) is 81.2 Å². The Labute approximate surface area is 130 Å². The third kappa shape index (κ3) is 2.66. The molecule has 0 aliphatic heterocycles. The maximum atomic E-state index is 12.1. The van der Waals surface area contributed by atoms with Crippen molar-refractivity contribution in [1.29, 1.82) is 0 Å². The van der Waals surface area contributed by atoms with Gasteiger partial charge in [-0.2, -0.15) is 8.75 Å². The van der Waals surface area contributed by atoms with Crippen LogP contribution in [-0.4, -0.2) is 27.7 Å². The van der Waals surface area contributed by atoms with E-state index in [9.17, 15) is 9.59 Å². The fourth-order valence-corrected chi connectivity index (χ4v) is 2.49. The number of ether oxygens (including phenoxy) is 1. The summed E-state index contributed by atoms with van der Waals surface area (Å²) in [5.74, 6) is -0.938. The SMILES string of the molecule is COC(=O)c1cc2ccccc2cc1NC(=O)c1cnsn1. The third-order valence-corrected chi connectivity index (χ3v) is 3.61. The van der Waals surface area contributed by atoms with Crippen molar-refractivity contribution in [3.05, 3.63) is 53.9 Å². The van der Waals surface area contributed by atoms with Crippen molar-refractivity contribution < 1.29 is 14.3 Å². The maximum absolute atomic E-state index is 12.1. The second-order valence-electron chi connectivity index (χ2n) is 4.48. The minimum absolute atomic E-state index is 0.203. The van der Waals surface area contributed by atoms with Crippen LogP contribution in [0.5, 0.6) is 0 Å². The molecule has 1 N–H and O–H groups in total. The smallest absolute Gasteiger partial charge is 0.339 e. The number of esters is 1. The molecule has 0 spiro atoms. The highest BCUT2D eigenvalue weighted by Crippen LogP contribution is 2.25. The molecule has 2 aromatic carbocycles. The van der Waals surface area contributed by atoms with Crippen molar-refractivity contribution >= 4 is 40.1 Å². The summed E-state index contributed by atoms with van der Waals surface area (Å²) in [7, 11) is 1.30. The Morgan fingerprint density at radius 2 is 1.91 bits per heavy atom. The molecule has 1 aromatic heterocycles. The van der Waals surface area contributed by atoms with E-state index in [-0.39, 0.29) is 11.3 Å². The lowest BCUT2D eigenvalue weighted by atomic mass is 10.0. The van der Waals surface area contributed by atoms with Gasteiger partial charge in [-0.05, 0) is 22.9 Å². The first kappa shape index (κ1) is 14.2. The Kier molecular flexibility index (Phi) is 3.80. The molecule has 7 heteroatoms. The Morgan fingerprint density at radius 3 is 2.55 bits per heavy atom. The summed E-state index contributed by atoms with van der Waals surface area (Å²) in [5.41, 5.74) is 0.871. The number of benzene rings is 2. The number of methoxy groups -OCH3 is 1. The van der Waals surface area contributed by atoms with Crippen molar-refractivity contribution in [2.45, 2.75) is 0 Å². The molecule has 0 unspecified atom stereocenters.